The normalized spacial score (nSPS) is 10.6. The van der Waals surface area contributed by atoms with Crippen LogP contribution in [0.4, 0.5) is 11.5 Å². The lowest BCUT2D eigenvalue weighted by molar-refractivity contribution is 0.970. The van der Waals surface area contributed by atoms with E-state index in [0.29, 0.717) is 11.5 Å². The number of hydrogen-bond donors (Lipinski definition) is 2. The van der Waals surface area contributed by atoms with Gasteiger partial charge in [0.2, 0.25) is 0 Å². The van der Waals surface area contributed by atoms with Gasteiger partial charge >= 0.3 is 0 Å². The van der Waals surface area contributed by atoms with Crippen LogP contribution in [-0.4, -0.2) is 14.3 Å². The van der Waals surface area contributed by atoms with Gasteiger partial charge in [-0.1, -0.05) is 6.92 Å². The first-order valence-corrected chi connectivity index (χ1v) is 6.30. The number of hydrogen-bond acceptors (Lipinski definition) is 7. The Morgan fingerprint density at radius 2 is 2.12 bits per heavy atom. The lowest BCUT2D eigenvalue weighted by Crippen LogP contribution is -1.97. The van der Waals surface area contributed by atoms with Crippen molar-refractivity contribution in [3.63, 3.8) is 0 Å². The summed E-state index contributed by atoms with van der Waals surface area (Å²) in [6, 6.07) is 3.57. The summed E-state index contributed by atoms with van der Waals surface area (Å²) < 4.78 is 5.07. The third kappa shape index (κ3) is 2.42. The van der Waals surface area contributed by atoms with Crippen LogP contribution in [0.2, 0.25) is 0 Å². The van der Waals surface area contributed by atoms with E-state index >= 15 is 0 Å². The summed E-state index contributed by atoms with van der Waals surface area (Å²) in [5.41, 5.74) is 11.7. The Hall–Kier alpha value is -1.34. The number of nitrogens with zero attached hydrogens (tertiary/aromatic N) is 3. The molecule has 0 fully saturated rings. The van der Waals surface area contributed by atoms with E-state index in [9.17, 15) is 0 Å². The predicted octanol–water partition coefficient (Wildman–Crippen LogP) is 1.81. The molecule has 2 aromatic rings. The Kier molecular flexibility index (Phi) is 3.25. The highest BCUT2D eigenvalue weighted by molar-refractivity contribution is 8.00. The lowest BCUT2D eigenvalue weighted by atomic mass is 10.4. The first kappa shape index (κ1) is 11.2. The van der Waals surface area contributed by atoms with Crippen LogP contribution in [0.15, 0.2) is 21.5 Å². The molecule has 0 radical (unpaired) electrons. The Labute approximate surface area is 101 Å². The van der Waals surface area contributed by atoms with E-state index in [-0.39, 0.29) is 0 Å². The fourth-order valence-corrected chi connectivity index (χ4v) is 2.66. The minimum absolute atomic E-state index is 0.352. The summed E-state index contributed by atoms with van der Waals surface area (Å²) in [4.78, 5) is 8.49. The van der Waals surface area contributed by atoms with Crippen LogP contribution in [0.5, 0.6) is 0 Å². The summed E-state index contributed by atoms with van der Waals surface area (Å²) in [5.74, 6) is 1.21. The average Bonchev–Trinajstić information content (AvgIpc) is 2.71. The molecule has 0 atom stereocenters. The molecule has 0 aliphatic rings. The largest absolute Gasteiger partial charge is 0.396 e. The van der Waals surface area contributed by atoms with Crippen molar-refractivity contribution < 1.29 is 0 Å². The number of nitrogen functional groups attached to an aromatic ring is 2. The molecule has 0 bridgehead atoms. The van der Waals surface area contributed by atoms with E-state index < -0.39 is 0 Å². The maximum absolute atomic E-state index is 5.62. The summed E-state index contributed by atoms with van der Waals surface area (Å²) in [6.07, 6.45) is 0.842. The zero-order valence-corrected chi connectivity index (χ0v) is 10.3. The smallest absolute Gasteiger partial charge is 0.176 e. The standard InChI is InChI=1S/C9H11N5S2/c1-2-6-12-9(16-14-6)15-7-4-3-5(10)8(11)13-7/h3-4H,2,10H2,1H3,(H2,11,13). The molecular formula is C9H11N5S2. The fraction of sp³-hybridized carbons (Fsp3) is 0.222. The van der Waals surface area contributed by atoms with E-state index in [2.05, 4.69) is 14.3 Å². The molecule has 5 nitrogen and oxygen atoms in total. The topological polar surface area (TPSA) is 90.7 Å². The molecule has 0 saturated carbocycles. The molecule has 0 aliphatic carbocycles. The summed E-state index contributed by atoms with van der Waals surface area (Å²) in [7, 11) is 0. The molecule has 0 aromatic carbocycles. The molecule has 0 aliphatic heterocycles. The van der Waals surface area contributed by atoms with Gasteiger partial charge in [-0.3, -0.25) is 0 Å². The second-order valence-electron chi connectivity index (χ2n) is 3.06. The molecule has 2 aromatic heterocycles. The molecular weight excluding hydrogens is 242 g/mol. The van der Waals surface area contributed by atoms with Crippen LogP contribution in [0, 0.1) is 0 Å². The monoisotopic (exact) mass is 253 g/mol. The number of anilines is 2. The Morgan fingerprint density at radius 1 is 1.31 bits per heavy atom. The fourth-order valence-electron chi connectivity index (χ4n) is 1.04. The molecule has 4 N–H and O–H groups in total. The summed E-state index contributed by atoms with van der Waals surface area (Å²) in [6.45, 7) is 2.02. The van der Waals surface area contributed by atoms with Gasteiger partial charge in [0.15, 0.2) is 4.34 Å². The van der Waals surface area contributed by atoms with Gasteiger partial charge in [-0.25, -0.2) is 9.97 Å². The van der Waals surface area contributed by atoms with Gasteiger partial charge in [0.1, 0.15) is 16.7 Å². The van der Waals surface area contributed by atoms with Crippen LogP contribution in [-0.2, 0) is 6.42 Å². The minimum Gasteiger partial charge on any atom is -0.396 e. The summed E-state index contributed by atoms with van der Waals surface area (Å²) in [5, 5.41) is 0.783. The van der Waals surface area contributed by atoms with E-state index in [4.69, 9.17) is 11.5 Å². The van der Waals surface area contributed by atoms with Crippen LogP contribution in [0.25, 0.3) is 0 Å². The van der Waals surface area contributed by atoms with Crippen LogP contribution >= 0.6 is 23.3 Å². The van der Waals surface area contributed by atoms with Gasteiger partial charge in [0.25, 0.3) is 0 Å². The third-order valence-electron chi connectivity index (χ3n) is 1.89. The van der Waals surface area contributed by atoms with Gasteiger partial charge in [-0.15, -0.1) is 0 Å². The predicted molar refractivity (Wildman–Crippen MR) is 66.5 cm³/mol. The van der Waals surface area contributed by atoms with Crippen LogP contribution < -0.4 is 11.5 Å². The highest BCUT2D eigenvalue weighted by Crippen LogP contribution is 2.29. The van der Waals surface area contributed by atoms with Crippen molar-refractivity contribution in [2.24, 2.45) is 0 Å². The average molecular weight is 253 g/mol. The SMILES string of the molecule is CCc1nsc(Sc2ccc(N)c(N)n2)n1. The number of pyridine rings is 1. The van der Waals surface area contributed by atoms with Gasteiger partial charge in [0.05, 0.1) is 5.69 Å². The van der Waals surface area contributed by atoms with Crippen molar-refractivity contribution in [1.29, 1.82) is 0 Å². The highest BCUT2D eigenvalue weighted by Gasteiger charge is 2.06. The number of nitrogens with two attached hydrogens (primary N) is 2. The maximum atomic E-state index is 5.62. The zero-order valence-electron chi connectivity index (χ0n) is 8.67. The van der Waals surface area contributed by atoms with Gasteiger partial charge in [0, 0.05) is 6.42 Å². The van der Waals surface area contributed by atoms with E-state index in [0.717, 1.165) is 21.6 Å². The van der Waals surface area contributed by atoms with Crippen molar-refractivity contribution in [1.82, 2.24) is 14.3 Å². The quantitative estimate of drug-likeness (QED) is 0.867. The number of aromatic nitrogens is 3. The van der Waals surface area contributed by atoms with Crippen LogP contribution in [0.1, 0.15) is 12.7 Å². The van der Waals surface area contributed by atoms with Gasteiger partial charge in [-0.05, 0) is 35.4 Å². The molecule has 7 heteroatoms. The van der Waals surface area contributed by atoms with E-state index in [1.54, 1.807) is 6.07 Å². The second-order valence-corrected chi connectivity index (χ2v) is 5.08. The Morgan fingerprint density at radius 3 is 2.75 bits per heavy atom. The molecule has 2 heterocycles. The zero-order chi connectivity index (χ0) is 11.5. The molecule has 16 heavy (non-hydrogen) atoms. The van der Waals surface area contributed by atoms with Crippen molar-refractivity contribution in [2.75, 3.05) is 11.5 Å². The molecule has 0 unspecified atom stereocenters. The van der Waals surface area contributed by atoms with E-state index in [1.807, 2.05) is 13.0 Å². The van der Waals surface area contributed by atoms with Crippen molar-refractivity contribution in [2.45, 2.75) is 22.7 Å². The first-order chi connectivity index (χ1) is 7.69. The van der Waals surface area contributed by atoms with Gasteiger partial charge in [-0.2, -0.15) is 4.37 Å². The maximum Gasteiger partial charge on any atom is 0.176 e. The molecule has 2 rings (SSSR count). The van der Waals surface area contributed by atoms with Crippen molar-refractivity contribution in [3.05, 3.63) is 18.0 Å². The Bertz CT molecular complexity index is 496. The highest BCUT2D eigenvalue weighted by atomic mass is 32.2. The first-order valence-electron chi connectivity index (χ1n) is 4.71. The number of rotatable bonds is 3. The Balaban J connectivity index is 2.17. The lowest BCUT2D eigenvalue weighted by Gasteiger charge is -2.00. The second kappa shape index (κ2) is 4.67. The van der Waals surface area contributed by atoms with Crippen molar-refractivity contribution in [3.8, 4) is 0 Å². The summed E-state index contributed by atoms with van der Waals surface area (Å²) >= 11 is 2.81. The molecule has 0 saturated heterocycles. The molecule has 0 spiro atoms. The molecule has 84 valence electrons. The molecule has 0 amide bonds. The minimum atomic E-state index is 0.352. The third-order valence-corrected chi connectivity index (χ3v) is 3.61. The van der Waals surface area contributed by atoms with Crippen LogP contribution in [0.3, 0.4) is 0 Å². The van der Waals surface area contributed by atoms with Crippen molar-refractivity contribution >= 4 is 34.8 Å². The number of aryl methyl sites for hydroxylation is 1. The van der Waals surface area contributed by atoms with Gasteiger partial charge < -0.3 is 11.5 Å². The van der Waals surface area contributed by atoms with E-state index in [1.165, 1.54) is 23.3 Å².